The van der Waals surface area contributed by atoms with Crippen LogP contribution in [0, 0.1) is 22.7 Å². The molecule has 0 fully saturated rings. The van der Waals surface area contributed by atoms with E-state index in [1.807, 2.05) is 6.07 Å². The molecule has 0 aliphatic heterocycles. The molecule has 0 radical (unpaired) electrons. The van der Waals surface area contributed by atoms with Crippen LogP contribution in [-0.2, 0) is 4.79 Å². The summed E-state index contributed by atoms with van der Waals surface area (Å²) in [5.74, 6) is -0.266. The van der Waals surface area contributed by atoms with Gasteiger partial charge in [0.05, 0.1) is 17.6 Å². The lowest BCUT2D eigenvalue weighted by atomic mass is 9.84. The molecule has 4 nitrogen and oxygen atoms in total. The maximum absolute atomic E-state index is 12.1. The van der Waals surface area contributed by atoms with E-state index in [2.05, 4.69) is 26.1 Å². The largest absolute Gasteiger partial charge is 0.330 e. The Balaban J connectivity index is 2.69. The van der Waals surface area contributed by atoms with Gasteiger partial charge in [-0.3, -0.25) is 4.79 Å². The molecular weight excluding hydrogens is 238 g/mol. The Morgan fingerprint density at radius 1 is 1.37 bits per heavy atom. The average Bonchev–Trinajstić information content (AvgIpc) is 2.35. The molecule has 0 spiro atoms. The van der Waals surface area contributed by atoms with Gasteiger partial charge in [0.25, 0.3) is 0 Å². The molecule has 1 aromatic rings. The van der Waals surface area contributed by atoms with E-state index in [-0.39, 0.29) is 17.2 Å². The molecule has 0 aromatic heterocycles. The van der Waals surface area contributed by atoms with Crippen LogP contribution in [0.3, 0.4) is 0 Å². The third-order valence-electron chi connectivity index (χ3n) is 2.80. The number of carbonyl (C=O) groups excluding carboxylic acids is 1. The minimum atomic E-state index is -0.198. The molecule has 1 atom stereocenters. The standard InChI is InChI=1S/C15H21N3O/c1-15(2,3)8-12(10-17)14(19)18-13-6-4-11(9-16)5-7-13/h4-7,12H,8,10,17H2,1-3H3,(H,18,19). The monoisotopic (exact) mass is 259 g/mol. The molecule has 0 aliphatic rings. The second-order valence-electron chi connectivity index (χ2n) is 5.88. The average molecular weight is 259 g/mol. The Labute approximate surface area is 114 Å². The fourth-order valence-corrected chi connectivity index (χ4v) is 1.89. The van der Waals surface area contributed by atoms with Gasteiger partial charge in [0.1, 0.15) is 0 Å². The van der Waals surface area contributed by atoms with Crippen LogP contribution in [-0.4, -0.2) is 12.5 Å². The highest BCUT2D eigenvalue weighted by molar-refractivity contribution is 5.92. The minimum Gasteiger partial charge on any atom is -0.330 e. The number of nitrogens with zero attached hydrogens (tertiary/aromatic N) is 1. The van der Waals surface area contributed by atoms with Crippen LogP contribution in [0.2, 0.25) is 0 Å². The summed E-state index contributed by atoms with van der Waals surface area (Å²) >= 11 is 0. The van der Waals surface area contributed by atoms with Crippen molar-refractivity contribution in [1.82, 2.24) is 0 Å². The first-order valence-corrected chi connectivity index (χ1v) is 6.37. The van der Waals surface area contributed by atoms with Gasteiger partial charge in [-0.05, 0) is 36.1 Å². The number of amides is 1. The number of hydrogen-bond donors (Lipinski definition) is 2. The summed E-state index contributed by atoms with van der Waals surface area (Å²) in [6, 6.07) is 8.84. The molecule has 3 N–H and O–H groups in total. The Hall–Kier alpha value is -1.86. The van der Waals surface area contributed by atoms with Crippen LogP contribution < -0.4 is 11.1 Å². The molecule has 4 heteroatoms. The van der Waals surface area contributed by atoms with Crippen LogP contribution in [0.1, 0.15) is 32.8 Å². The number of rotatable bonds is 4. The molecule has 0 bridgehead atoms. The molecule has 0 saturated heterocycles. The molecule has 0 heterocycles. The van der Waals surface area contributed by atoms with E-state index in [0.29, 0.717) is 17.8 Å². The van der Waals surface area contributed by atoms with Crippen molar-refractivity contribution in [1.29, 1.82) is 5.26 Å². The Morgan fingerprint density at radius 3 is 2.37 bits per heavy atom. The number of hydrogen-bond acceptors (Lipinski definition) is 3. The van der Waals surface area contributed by atoms with Gasteiger partial charge in [-0.15, -0.1) is 0 Å². The van der Waals surface area contributed by atoms with E-state index in [4.69, 9.17) is 11.0 Å². The number of benzene rings is 1. The second kappa shape index (κ2) is 6.35. The smallest absolute Gasteiger partial charge is 0.228 e. The van der Waals surface area contributed by atoms with Crippen molar-refractivity contribution < 1.29 is 4.79 Å². The zero-order valence-electron chi connectivity index (χ0n) is 11.7. The van der Waals surface area contributed by atoms with Crippen molar-refractivity contribution >= 4 is 11.6 Å². The highest BCUT2D eigenvalue weighted by atomic mass is 16.1. The van der Waals surface area contributed by atoms with Crippen LogP contribution in [0.5, 0.6) is 0 Å². The maximum Gasteiger partial charge on any atom is 0.228 e. The zero-order chi connectivity index (χ0) is 14.5. The highest BCUT2D eigenvalue weighted by Crippen LogP contribution is 2.24. The van der Waals surface area contributed by atoms with Crippen molar-refractivity contribution in [2.45, 2.75) is 27.2 Å². The molecule has 1 rings (SSSR count). The van der Waals surface area contributed by atoms with Gasteiger partial charge < -0.3 is 11.1 Å². The Morgan fingerprint density at radius 2 is 1.95 bits per heavy atom. The van der Waals surface area contributed by atoms with E-state index in [9.17, 15) is 4.79 Å². The minimum absolute atomic E-state index is 0.0616. The van der Waals surface area contributed by atoms with E-state index in [1.165, 1.54) is 0 Å². The van der Waals surface area contributed by atoms with Crippen molar-refractivity contribution in [3.63, 3.8) is 0 Å². The topological polar surface area (TPSA) is 78.9 Å². The first kappa shape index (κ1) is 15.2. The van der Waals surface area contributed by atoms with E-state index in [1.54, 1.807) is 24.3 Å². The third-order valence-corrected chi connectivity index (χ3v) is 2.80. The van der Waals surface area contributed by atoms with Crippen molar-refractivity contribution in [3.8, 4) is 6.07 Å². The summed E-state index contributed by atoms with van der Waals surface area (Å²) < 4.78 is 0. The van der Waals surface area contributed by atoms with Crippen molar-refractivity contribution in [3.05, 3.63) is 29.8 Å². The molecule has 1 amide bonds. The summed E-state index contributed by atoms with van der Waals surface area (Å²) in [6.45, 7) is 6.60. The van der Waals surface area contributed by atoms with Gasteiger partial charge in [-0.25, -0.2) is 0 Å². The predicted molar refractivity (Wildman–Crippen MR) is 76.4 cm³/mol. The Bertz CT molecular complexity index is 466. The first-order valence-electron chi connectivity index (χ1n) is 6.37. The molecule has 0 saturated carbocycles. The van der Waals surface area contributed by atoms with Gasteiger partial charge in [0, 0.05) is 12.2 Å². The molecule has 1 aromatic carbocycles. The van der Waals surface area contributed by atoms with Crippen LogP contribution in [0.4, 0.5) is 5.69 Å². The van der Waals surface area contributed by atoms with E-state index >= 15 is 0 Å². The first-order chi connectivity index (χ1) is 8.85. The third kappa shape index (κ3) is 5.11. The quantitative estimate of drug-likeness (QED) is 0.872. The summed E-state index contributed by atoms with van der Waals surface area (Å²) in [5, 5.41) is 11.5. The lowest BCUT2D eigenvalue weighted by molar-refractivity contribution is -0.120. The lowest BCUT2D eigenvalue weighted by Gasteiger charge is -2.24. The summed E-state index contributed by atoms with van der Waals surface area (Å²) in [6.07, 6.45) is 0.742. The molecule has 102 valence electrons. The maximum atomic E-state index is 12.1. The van der Waals surface area contributed by atoms with Gasteiger partial charge in [-0.1, -0.05) is 20.8 Å². The number of anilines is 1. The predicted octanol–water partition coefficient (Wildman–Crippen LogP) is 2.51. The fraction of sp³-hybridized carbons (Fsp3) is 0.467. The second-order valence-corrected chi connectivity index (χ2v) is 5.88. The van der Waals surface area contributed by atoms with Gasteiger partial charge in [0.15, 0.2) is 0 Å². The SMILES string of the molecule is CC(C)(C)CC(CN)C(=O)Nc1ccc(C#N)cc1. The summed E-state index contributed by atoms with van der Waals surface area (Å²) in [4.78, 5) is 12.1. The zero-order valence-corrected chi connectivity index (χ0v) is 11.7. The van der Waals surface area contributed by atoms with E-state index < -0.39 is 0 Å². The molecule has 0 aliphatic carbocycles. The highest BCUT2D eigenvalue weighted by Gasteiger charge is 2.23. The van der Waals surface area contributed by atoms with Gasteiger partial charge in [-0.2, -0.15) is 5.26 Å². The summed E-state index contributed by atoms with van der Waals surface area (Å²) in [5.41, 5.74) is 7.00. The number of nitrogens with two attached hydrogens (primary N) is 1. The van der Waals surface area contributed by atoms with E-state index in [0.717, 1.165) is 6.42 Å². The van der Waals surface area contributed by atoms with Crippen molar-refractivity contribution in [2.75, 3.05) is 11.9 Å². The fourth-order valence-electron chi connectivity index (χ4n) is 1.89. The number of nitrogens with one attached hydrogen (secondary N) is 1. The van der Waals surface area contributed by atoms with Crippen LogP contribution >= 0.6 is 0 Å². The van der Waals surface area contributed by atoms with Gasteiger partial charge in [0.2, 0.25) is 5.91 Å². The summed E-state index contributed by atoms with van der Waals surface area (Å²) in [7, 11) is 0. The number of nitriles is 1. The van der Waals surface area contributed by atoms with Crippen molar-refractivity contribution in [2.24, 2.45) is 17.1 Å². The molecule has 1 unspecified atom stereocenters. The normalized spacial score (nSPS) is 12.6. The number of carbonyl (C=O) groups is 1. The van der Waals surface area contributed by atoms with Gasteiger partial charge >= 0.3 is 0 Å². The lowest BCUT2D eigenvalue weighted by Crippen LogP contribution is -2.32. The molecule has 19 heavy (non-hydrogen) atoms. The van der Waals surface area contributed by atoms with Crippen LogP contribution in [0.25, 0.3) is 0 Å². The Kier molecular flexibility index (Phi) is 5.08. The van der Waals surface area contributed by atoms with Crippen LogP contribution in [0.15, 0.2) is 24.3 Å². The molecular formula is C15H21N3O.